The first-order valence-electron chi connectivity index (χ1n) is 8.33. The SMILES string of the molecule is CCN(CCO)c1ccc(/C=N\NC(=O)c2cc(C)oc2C)c(C)c1. The third-order valence-electron chi connectivity index (χ3n) is 4.03. The number of rotatable bonds is 7. The van der Waals surface area contributed by atoms with Crippen LogP contribution in [0.2, 0.25) is 0 Å². The van der Waals surface area contributed by atoms with Crippen molar-refractivity contribution in [2.75, 3.05) is 24.6 Å². The molecule has 0 radical (unpaired) electrons. The lowest BCUT2D eigenvalue weighted by atomic mass is 10.1. The highest BCUT2D eigenvalue weighted by Gasteiger charge is 2.12. The molecule has 0 fully saturated rings. The zero-order valence-corrected chi connectivity index (χ0v) is 15.2. The fourth-order valence-electron chi connectivity index (χ4n) is 2.67. The van der Waals surface area contributed by atoms with Crippen molar-refractivity contribution in [3.8, 4) is 0 Å². The Labute approximate surface area is 148 Å². The van der Waals surface area contributed by atoms with E-state index in [9.17, 15) is 4.79 Å². The van der Waals surface area contributed by atoms with Crippen LogP contribution in [0.1, 0.15) is 39.9 Å². The van der Waals surface area contributed by atoms with E-state index in [0.29, 0.717) is 23.6 Å². The lowest BCUT2D eigenvalue weighted by Gasteiger charge is -2.22. The Kier molecular flexibility index (Phi) is 6.36. The predicted octanol–water partition coefficient (Wildman–Crippen LogP) is 2.79. The minimum atomic E-state index is -0.292. The van der Waals surface area contributed by atoms with Gasteiger partial charge in [-0.25, -0.2) is 5.43 Å². The quantitative estimate of drug-likeness (QED) is 0.598. The van der Waals surface area contributed by atoms with Crippen molar-refractivity contribution in [2.45, 2.75) is 27.7 Å². The highest BCUT2D eigenvalue weighted by molar-refractivity contribution is 5.96. The molecule has 6 heteroatoms. The molecule has 2 aromatic rings. The summed E-state index contributed by atoms with van der Waals surface area (Å²) in [5.41, 5.74) is 6.03. The fraction of sp³-hybridized carbons (Fsp3) is 0.368. The van der Waals surface area contributed by atoms with Gasteiger partial charge in [0.25, 0.3) is 5.91 Å². The molecule has 1 aromatic carbocycles. The summed E-state index contributed by atoms with van der Waals surface area (Å²) >= 11 is 0. The normalized spacial score (nSPS) is 11.1. The smallest absolute Gasteiger partial charge is 0.274 e. The van der Waals surface area contributed by atoms with Crippen molar-refractivity contribution in [3.05, 3.63) is 52.5 Å². The van der Waals surface area contributed by atoms with E-state index in [1.807, 2.05) is 25.1 Å². The third kappa shape index (κ3) is 4.70. The van der Waals surface area contributed by atoms with Gasteiger partial charge in [-0.3, -0.25) is 4.79 Å². The molecule has 0 atom stereocenters. The van der Waals surface area contributed by atoms with Crippen molar-refractivity contribution in [2.24, 2.45) is 5.10 Å². The van der Waals surface area contributed by atoms with Gasteiger partial charge in [0.1, 0.15) is 11.5 Å². The second-order valence-corrected chi connectivity index (χ2v) is 5.87. The number of hydrogen-bond donors (Lipinski definition) is 2. The zero-order chi connectivity index (χ0) is 18.4. The minimum absolute atomic E-state index is 0.120. The summed E-state index contributed by atoms with van der Waals surface area (Å²) in [6.07, 6.45) is 1.63. The maximum absolute atomic E-state index is 12.1. The first-order valence-corrected chi connectivity index (χ1v) is 8.33. The number of carbonyl (C=O) groups excluding carboxylic acids is 1. The van der Waals surface area contributed by atoms with Crippen LogP contribution < -0.4 is 10.3 Å². The molecule has 0 aliphatic carbocycles. The summed E-state index contributed by atoms with van der Waals surface area (Å²) < 4.78 is 5.35. The summed E-state index contributed by atoms with van der Waals surface area (Å²) in [5.74, 6) is 0.982. The van der Waals surface area contributed by atoms with Crippen LogP contribution in [0.3, 0.4) is 0 Å². The fourth-order valence-corrected chi connectivity index (χ4v) is 2.67. The lowest BCUT2D eigenvalue weighted by molar-refractivity contribution is 0.0953. The molecule has 0 unspecified atom stereocenters. The number of aryl methyl sites for hydroxylation is 3. The number of aliphatic hydroxyl groups excluding tert-OH is 1. The average Bonchev–Trinajstić information content (AvgIpc) is 2.92. The van der Waals surface area contributed by atoms with Gasteiger partial charge in [0.2, 0.25) is 0 Å². The molecule has 2 N–H and O–H groups in total. The Bertz CT molecular complexity index is 765. The van der Waals surface area contributed by atoms with Gasteiger partial charge in [-0.05, 0) is 57.0 Å². The number of nitrogens with zero attached hydrogens (tertiary/aromatic N) is 2. The molecule has 0 spiro atoms. The molecule has 134 valence electrons. The van der Waals surface area contributed by atoms with Crippen molar-refractivity contribution in [1.29, 1.82) is 0 Å². The van der Waals surface area contributed by atoms with Crippen LogP contribution in [0.15, 0.2) is 33.8 Å². The van der Waals surface area contributed by atoms with Crippen LogP contribution >= 0.6 is 0 Å². The Morgan fingerprint density at radius 2 is 2.08 bits per heavy atom. The van der Waals surface area contributed by atoms with E-state index in [-0.39, 0.29) is 12.5 Å². The number of hydrazone groups is 1. The van der Waals surface area contributed by atoms with Crippen LogP contribution in [0, 0.1) is 20.8 Å². The van der Waals surface area contributed by atoms with Crippen LogP contribution in [0.25, 0.3) is 0 Å². The average molecular weight is 343 g/mol. The van der Waals surface area contributed by atoms with Crippen LogP contribution in [-0.2, 0) is 0 Å². The zero-order valence-electron chi connectivity index (χ0n) is 15.2. The van der Waals surface area contributed by atoms with Crippen LogP contribution in [0.5, 0.6) is 0 Å². The summed E-state index contributed by atoms with van der Waals surface area (Å²) in [7, 11) is 0. The number of amides is 1. The van der Waals surface area contributed by atoms with Gasteiger partial charge in [0, 0.05) is 18.8 Å². The number of furan rings is 1. The highest BCUT2D eigenvalue weighted by Crippen LogP contribution is 2.18. The molecule has 0 aliphatic heterocycles. The predicted molar refractivity (Wildman–Crippen MR) is 99.4 cm³/mol. The van der Waals surface area contributed by atoms with Gasteiger partial charge in [0.05, 0.1) is 18.4 Å². The maximum Gasteiger partial charge on any atom is 0.274 e. The molecule has 0 bridgehead atoms. The molecule has 6 nitrogen and oxygen atoms in total. The molecule has 25 heavy (non-hydrogen) atoms. The Hall–Kier alpha value is -2.60. The summed E-state index contributed by atoms with van der Waals surface area (Å²) in [5, 5.41) is 13.2. The van der Waals surface area contributed by atoms with E-state index in [1.165, 1.54) is 0 Å². The largest absolute Gasteiger partial charge is 0.466 e. The molecule has 0 aliphatic rings. The van der Waals surface area contributed by atoms with Crippen LogP contribution in [-0.4, -0.2) is 36.9 Å². The number of nitrogens with one attached hydrogen (secondary N) is 1. The number of carbonyl (C=O) groups is 1. The summed E-state index contributed by atoms with van der Waals surface area (Å²) in [6, 6.07) is 7.68. The summed E-state index contributed by atoms with van der Waals surface area (Å²) in [4.78, 5) is 14.2. The highest BCUT2D eigenvalue weighted by atomic mass is 16.3. The van der Waals surface area contributed by atoms with Crippen LogP contribution in [0.4, 0.5) is 5.69 Å². The van der Waals surface area contributed by atoms with Crippen molar-refractivity contribution in [1.82, 2.24) is 5.43 Å². The van der Waals surface area contributed by atoms with Crippen molar-refractivity contribution < 1.29 is 14.3 Å². The van der Waals surface area contributed by atoms with Gasteiger partial charge in [0.15, 0.2) is 0 Å². The van der Waals surface area contributed by atoms with Crippen molar-refractivity contribution >= 4 is 17.8 Å². The van der Waals surface area contributed by atoms with E-state index in [4.69, 9.17) is 9.52 Å². The minimum Gasteiger partial charge on any atom is -0.466 e. The molecule has 0 saturated carbocycles. The Morgan fingerprint density at radius 3 is 2.64 bits per heavy atom. The maximum atomic E-state index is 12.1. The van der Waals surface area contributed by atoms with E-state index in [1.54, 1.807) is 26.1 Å². The molecule has 1 heterocycles. The Morgan fingerprint density at radius 1 is 1.32 bits per heavy atom. The van der Waals surface area contributed by atoms with Gasteiger partial charge >= 0.3 is 0 Å². The molecule has 0 saturated heterocycles. The van der Waals surface area contributed by atoms with Gasteiger partial charge < -0.3 is 14.4 Å². The van der Waals surface area contributed by atoms with E-state index < -0.39 is 0 Å². The molecule has 1 amide bonds. The number of aliphatic hydroxyl groups is 1. The molecule has 1 aromatic heterocycles. The third-order valence-corrected chi connectivity index (χ3v) is 4.03. The van der Waals surface area contributed by atoms with Gasteiger partial charge in [-0.15, -0.1) is 0 Å². The van der Waals surface area contributed by atoms with Crippen molar-refractivity contribution in [3.63, 3.8) is 0 Å². The lowest BCUT2D eigenvalue weighted by Crippen LogP contribution is -2.26. The summed E-state index contributed by atoms with van der Waals surface area (Å²) in [6.45, 7) is 9.14. The first-order chi connectivity index (χ1) is 12.0. The topological polar surface area (TPSA) is 78.1 Å². The molecular formula is C19H25N3O3. The first kappa shape index (κ1) is 18.7. The number of anilines is 1. The second kappa shape index (κ2) is 8.48. The standard InChI is InChI=1S/C19H25N3O3/c1-5-22(8-9-23)17-7-6-16(13(2)10-17)12-20-21-19(24)18-11-14(3)25-15(18)4/h6-7,10-12,23H,5,8-9H2,1-4H3,(H,21,24)/b20-12-. The van der Waals surface area contributed by atoms with Gasteiger partial charge in [-0.1, -0.05) is 6.07 Å². The number of hydrogen-bond acceptors (Lipinski definition) is 5. The molecular weight excluding hydrogens is 318 g/mol. The molecule has 2 rings (SSSR count). The van der Waals surface area contributed by atoms with E-state index in [2.05, 4.69) is 22.4 Å². The monoisotopic (exact) mass is 343 g/mol. The Balaban J connectivity index is 2.06. The van der Waals surface area contributed by atoms with E-state index in [0.717, 1.165) is 23.4 Å². The van der Waals surface area contributed by atoms with E-state index >= 15 is 0 Å². The number of likely N-dealkylation sites (N-methyl/N-ethyl adjacent to an activating group) is 1. The van der Waals surface area contributed by atoms with Gasteiger partial charge in [-0.2, -0.15) is 5.10 Å². The second-order valence-electron chi connectivity index (χ2n) is 5.87. The number of benzene rings is 1.